The second-order valence-electron chi connectivity index (χ2n) is 7.40. The summed E-state index contributed by atoms with van der Waals surface area (Å²) in [4.78, 5) is 48.0. The Morgan fingerprint density at radius 2 is 2.06 bits per heavy atom. The summed E-state index contributed by atoms with van der Waals surface area (Å²) >= 11 is 0. The lowest BCUT2D eigenvalue weighted by atomic mass is 10.2. The van der Waals surface area contributed by atoms with Crippen LogP contribution in [0, 0.1) is 0 Å². The maximum atomic E-state index is 12.5. The van der Waals surface area contributed by atoms with Gasteiger partial charge in [-0.15, -0.1) is 0 Å². The SMILES string of the molecule is NC(=O)C1CCCN1c1nccc(NC(=O)Nc2cccc(N3CCNC(=O)C3)c2)n1. The van der Waals surface area contributed by atoms with E-state index in [-0.39, 0.29) is 12.5 Å². The van der Waals surface area contributed by atoms with Gasteiger partial charge in [0.2, 0.25) is 17.8 Å². The van der Waals surface area contributed by atoms with E-state index in [0.29, 0.717) is 43.5 Å². The molecule has 0 saturated carbocycles. The number of piperazine rings is 1. The Kier molecular flexibility index (Phi) is 5.83. The third-order valence-corrected chi connectivity index (χ3v) is 5.23. The molecule has 4 amide bonds. The first-order chi connectivity index (χ1) is 15.0. The number of urea groups is 1. The zero-order valence-electron chi connectivity index (χ0n) is 16.9. The fourth-order valence-corrected chi connectivity index (χ4v) is 3.78. The molecule has 2 aliphatic rings. The maximum absolute atomic E-state index is 12.5. The first-order valence-electron chi connectivity index (χ1n) is 10.1. The van der Waals surface area contributed by atoms with Gasteiger partial charge in [-0.3, -0.25) is 14.9 Å². The lowest BCUT2D eigenvalue weighted by molar-refractivity contribution is -0.120. The Labute approximate surface area is 179 Å². The van der Waals surface area contributed by atoms with E-state index in [4.69, 9.17) is 5.73 Å². The van der Waals surface area contributed by atoms with Crippen LogP contribution in [0.3, 0.4) is 0 Å². The molecule has 11 heteroatoms. The zero-order valence-corrected chi connectivity index (χ0v) is 16.9. The minimum Gasteiger partial charge on any atom is -0.368 e. The molecule has 0 radical (unpaired) electrons. The molecule has 2 saturated heterocycles. The summed E-state index contributed by atoms with van der Waals surface area (Å²) in [5.41, 5.74) is 6.90. The van der Waals surface area contributed by atoms with Crippen molar-refractivity contribution in [3.05, 3.63) is 36.5 Å². The second-order valence-corrected chi connectivity index (χ2v) is 7.40. The number of nitrogens with two attached hydrogens (primary N) is 1. The van der Waals surface area contributed by atoms with Crippen LogP contribution >= 0.6 is 0 Å². The molecule has 162 valence electrons. The molecule has 0 bridgehead atoms. The molecule has 1 atom stereocenters. The van der Waals surface area contributed by atoms with Crippen LogP contribution < -0.4 is 31.5 Å². The van der Waals surface area contributed by atoms with Gasteiger partial charge < -0.3 is 26.2 Å². The van der Waals surface area contributed by atoms with Crippen molar-refractivity contribution in [3.63, 3.8) is 0 Å². The lowest BCUT2D eigenvalue weighted by Gasteiger charge is -2.28. The number of nitrogens with one attached hydrogen (secondary N) is 3. The first-order valence-corrected chi connectivity index (χ1v) is 10.1. The third-order valence-electron chi connectivity index (χ3n) is 5.23. The van der Waals surface area contributed by atoms with Crippen LogP contribution in [0.2, 0.25) is 0 Å². The number of nitrogens with zero attached hydrogens (tertiary/aromatic N) is 4. The summed E-state index contributed by atoms with van der Waals surface area (Å²) in [6.07, 6.45) is 3.01. The molecule has 2 aromatic rings. The van der Waals surface area contributed by atoms with Gasteiger partial charge in [-0.05, 0) is 37.1 Å². The molecule has 4 rings (SSSR count). The smallest absolute Gasteiger partial charge is 0.324 e. The van der Waals surface area contributed by atoms with Crippen molar-refractivity contribution in [2.75, 3.05) is 46.6 Å². The molecule has 1 aromatic carbocycles. The van der Waals surface area contributed by atoms with Gasteiger partial charge in [-0.1, -0.05) is 6.07 Å². The quantitative estimate of drug-likeness (QED) is 0.547. The Hall–Kier alpha value is -3.89. The van der Waals surface area contributed by atoms with Gasteiger partial charge in [0, 0.05) is 37.2 Å². The summed E-state index contributed by atoms with van der Waals surface area (Å²) in [6.45, 7) is 2.20. The molecule has 3 heterocycles. The van der Waals surface area contributed by atoms with Gasteiger partial charge in [0.05, 0.1) is 6.54 Å². The minimum atomic E-state index is -0.467. The van der Waals surface area contributed by atoms with Crippen LogP contribution in [-0.4, -0.2) is 60.0 Å². The maximum Gasteiger partial charge on any atom is 0.324 e. The number of aromatic nitrogens is 2. The zero-order chi connectivity index (χ0) is 21.8. The van der Waals surface area contributed by atoms with Crippen LogP contribution in [0.15, 0.2) is 36.5 Å². The normalized spacial score (nSPS) is 18.5. The molecule has 0 spiro atoms. The highest BCUT2D eigenvalue weighted by Gasteiger charge is 2.31. The van der Waals surface area contributed by atoms with Crippen LogP contribution in [0.4, 0.5) is 27.9 Å². The Bertz CT molecular complexity index is 998. The Morgan fingerprint density at radius 3 is 2.87 bits per heavy atom. The van der Waals surface area contributed by atoms with Crippen LogP contribution in [0.25, 0.3) is 0 Å². The summed E-state index contributed by atoms with van der Waals surface area (Å²) in [7, 11) is 0. The van der Waals surface area contributed by atoms with E-state index in [1.807, 2.05) is 23.1 Å². The van der Waals surface area contributed by atoms with Crippen molar-refractivity contribution >= 4 is 41.0 Å². The average molecular weight is 424 g/mol. The van der Waals surface area contributed by atoms with Crippen molar-refractivity contribution in [3.8, 4) is 0 Å². The molecule has 1 aromatic heterocycles. The number of benzene rings is 1. The van der Waals surface area contributed by atoms with E-state index in [1.54, 1.807) is 17.0 Å². The van der Waals surface area contributed by atoms with Gasteiger partial charge in [0.15, 0.2) is 0 Å². The predicted octanol–water partition coefficient (Wildman–Crippen LogP) is 0.511. The number of amides is 4. The molecule has 1 unspecified atom stereocenters. The molecule has 31 heavy (non-hydrogen) atoms. The standard InChI is InChI=1S/C20H24N8O3/c21-18(30)15-5-2-9-28(15)19-23-7-6-16(25-19)26-20(31)24-13-3-1-4-14(11-13)27-10-8-22-17(29)12-27/h1,3-4,6-7,11,15H,2,5,8-10,12H2,(H2,21,30)(H,22,29)(H2,23,24,25,26,31). The van der Waals surface area contributed by atoms with Gasteiger partial charge >= 0.3 is 6.03 Å². The van der Waals surface area contributed by atoms with Gasteiger partial charge in [0.25, 0.3) is 0 Å². The van der Waals surface area contributed by atoms with E-state index in [0.717, 1.165) is 12.1 Å². The van der Waals surface area contributed by atoms with Crippen molar-refractivity contribution in [2.45, 2.75) is 18.9 Å². The minimum absolute atomic E-state index is 0.0292. The largest absolute Gasteiger partial charge is 0.368 e. The fourth-order valence-electron chi connectivity index (χ4n) is 3.78. The number of rotatable bonds is 5. The molecule has 11 nitrogen and oxygen atoms in total. The molecule has 2 aliphatic heterocycles. The molecule has 0 aliphatic carbocycles. The summed E-state index contributed by atoms with van der Waals surface area (Å²) in [5, 5.41) is 8.24. The predicted molar refractivity (Wildman–Crippen MR) is 116 cm³/mol. The van der Waals surface area contributed by atoms with Crippen molar-refractivity contribution in [2.24, 2.45) is 5.73 Å². The molecule has 5 N–H and O–H groups in total. The van der Waals surface area contributed by atoms with Crippen LogP contribution in [0.5, 0.6) is 0 Å². The van der Waals surface area contributed by atoms with Crippen LogP contribution in [-0.2, 0) is 9.59 Å². The van der Waals surface area contributed by atoms with Gasteiger partial charge in [-0.25, -0.2) is 9.78 Å². The number of carbonyl (C=O) groups is 3. The number of carbonyl (C=O) groups excluding carboxylic acids is 3. The number of hydrogen-bond donors (Lipinski definition) is 4. The number of anilines is 4. The first kappa shape index (κ1) is 20.4. The number of hydrogen-bond acceptors (Lipinski definition) is 7. The molecule has 2 fully saturated rings. The van der Waals surface area contributed by atoms with E-state index in [9.17, 15) is 14.4 Å². The van der Waals surface area contributed by atoms with Crippen molar-refractivity contribution in [1.29, 1.82) is 0 Å². The van der Waals surface area contributed by atoms with Crippen molar-refractivity contribution in [1.82, 2.24) is 15.3 Å². The summed E-state index contributed by atoms with van der Waals surface area (Å²) in [5.74, 6) is 0.215. The summed E-state index contributed by atoms with van der Waals surface area (Å²) in [6, 6.07) is 7.95. The Balaban J connectivity index is 1.41. The Morgan fingerprint density at radius 1 is 1.19 bits per heavy atom. The highest BCUT2D eigenvalue weighted by Crippen LogP contribution is 2.23. The molecular formula is C20H24N8O3. The van der Waals surface area contributed by atoms with E-state index in [2.05, 4.69) is 25.9 Å². The number of primary amides is 1. The summed E-state index contributed by atoms with van der Waals surface area (Å²) < 4.78 is 0. The lowest BCUT2D eigenvalue weighted by Crippen LogP contribution is -2.47. The monoisotopic (exact) mass is 424 g/mol. The van der Waals surface area contributed by atoms with Crippen LogP contribution in [0.1, 0.15) is 12.8 Å². The van der Waals surface area contributed by atoms with E-state index < -0.39 is 18.0 Å². The fraction of sp³-hybridized carbons (Fsp3) is 0.350. The van der Waals surface area contributed by atoms with E-state index >= 15 is 0 Å². The van der Waals surface area contributed by atoms with E-state index in [1.165, 1.54) is 6.20 Å². The highest BCUT2D eigenvalue weighted by molar-refractivity contribution is 5.99. The average Bonchev–Trinajstić information content (AvgIpc) is 3.24. The van der Waals surface area contributed by atoms with Gasteiger partial charge in [0.1, 0.15) is 11.9 Å². The van der Waals surface area contributed by atoms with Crippen molar-refractivity contribution < 1.29 is 14.4 Å². The highest BCUT2D eigenvalue weighted by atomic mass is 16.2. The second kappa shape index (κ2) is 8.86. The van der Waals surface area contributed by atoms with Gasteiger partial charge in [-0.2, -0.15) is 4.98 Å². The molecular weight excluding hydrogens is 400 g/mol. The topological polar surface area (TPSA) is 146 Å². The third kappa shape index (κ3) is 4.82.